The first kappa shape index (κ1) is 10.7. The molecule has 0 bridgehead atoms. The molecular weight excluding hydrogens is 191 g/mol. The van der Waals surface area contributed by atoms with E-state index in [0.717, 1.165) is 18.8 Å². The van der Waals surface area contributed by atoms with Crippen molar-refractivity contribution in [3.63, 3.8) is 0 Å². The van der Waals surface area contributed by atoms with Gasteiger partial charge in [0.05, 0.1) is 0 Å². The largest absolute Gasteiger partial charge is 0.123 e. The molecule has 0 aromatic rings. The Morgan fingerprint density at radius 2 is 1.92 bits per heavy atom. The fourth-order valence-corrected chi connectivity index (χ4v) is 2.85. The van der Waals surface area contributed by atoms with Crippen LogP contribution in [0.5, 0.6) is 0 Å². The summed E-state index contributed by atoms with van der Waals surface area (Å²) in [5.41, 5.74) is 0. The predicted octanol–water partition coefficient (Wildman–Crippen LogP) is 4.05. The first-order valence-corrected chi connectivity index (χ1v) is 5.75. The summed E-state index contributed by atoms with van der Waals surface area (Å²) in [5.74, 6) is 1.48. The molecule has 0 aliphatic heterocycles. The molecule has 0 aromatic heterocycles. The van der Waals surface area contributed by atoms with Gasteiger partial charge in [-0.2, -0.15) is 0 Å². The van der Waals surface area contributed by atoms with E-state index in [1.807, 2.05) is 0 Å². The highest BCUT2D eigenvalue weighted by Crippen LogP contribution is 2.35. The number of hydrogen-bond acceptors (Lipinski definition) is 0. The van der Waals surface area contributed by atoms with Crippen molar-refractivity contribution in [2.24, 2.45) is 11.8 Å². The van der Waals surface area contributed by atoms with E-state index in [9.17, 15) is 0 Å². The van der Waals surface area contributed by atoms with Crippen LogP contribution in [-0.2, 0) is 0 Å². The molecule has 1 aliphatic carbocycles. The SMILES string of the molecule is CC(C)CC1CCC(Cl)CC1Cl. The number of halogens is 2. The van der Waals surface area contributed by atoms with Crippen LogP contribution in [0, 0.1) is 11.8 Å². The summed E-state index contributed by atoms with van der Waals surface area (Å²) in [6, 6.07) is 0. The van der Waals surface area contributed by atoms with Crippen LogP contribution in [0.15, 0.2) is 0 Å². The van der Waals surface area contributed by atoms with Gasteiger partial charge >= 0.3 is 0 Å². The van der Waals surface area contributed by atoms with Crippen molar-refractivity contribution < 1.29 is 0 Å². The third kappa shape index (κ3) is 3.14. The second kappa shape index (κ2) is 4.72. The van der Waals surface area contributed by atoms with Crippen LogP contribution in [-0.4, -0.2) is 10.8 Å². The van der Waals surface area contributed by atoms with Crippen LogP contribution in [0.3, 0.4) is 0 Å². The average Bonchev–Trinajstić information content (AvgIpc) is 1.94. The molecule has 72 valence electrons. The van der Waals surface area contributed by atoms with Crippen molar-refractivity contribution in [1.29, 1.82) is 0 Å². The predicted molar refractivity (Wildman–Crippen MR) is 56.1 cm³/mol. The monoisotopic (exact) mass is 208 g/mol. The third-order valence-electron chi connectivity index (χ3n) is 2.62. The van der Waals surface area contributed by atoms with E-state index in [-0.39, 0.29) is 0 Å². The fourth-order valence-electron chi connectivity index (χ4n) is 2.00. The zero-order valence-corrected chi connectivity index (χ0v) is 9.41. The Morgan fingerprint density at radius 1 is 1.25 bits per heavy atom. The molecule has 3 unspecified atom stereocenters. The van der Waals surface area contributed by atoms with Crippen LogP contribution < -0.4 is 0 Å². The molecule has 2 heteroatoms. The van der Waals surface area contributed by atoms with E-state index in [0.29, 0.717) is 16.7 Å². The number of rotatable bonds is 2. The van der Waals surface area contributed by atoms with Crippen LogP contribution in [0.4, 0.5) is 0 Å². The quantitative estimate of drug-likeness (QED) is 0.602. The molecule has 1 aliphatic rings. The van der Waals surface area contributed by atoms with E-state index < -0.39 is 0 Å². The minimum Gasteiger partial charge on any atom is -0.123 e. The van der Waals surface area contributed by atoms with E-state index in [1.54, 1.807) is 0 Å². The zero-order valence-electron chi connectivity index (χ0n) is 7.89. The van der Waals surface area contributed by atoms with Gasteiger partial charge < -0.3 is 0 Å². The van der Waals surface area contributed by atoms with Gasteiger partial charge in [-0.05, 0) is 37.5 Å². The minimum absolute atomic E-state index is 0.323. The molecule has 0 nitrogen and oxygen atoms in total. The highest BCUT2D eigenvalue weighted by molar-refractivity contribution is 6.23. The molecular formula is C10H18Cl2. The molecule has 0 spiro atoms. The lowest BCUT2D eigenvalue weighted by atomic mass is 9.83. The lowest BCUT2D eigenvalue weighted by Crippen LogP contribution is -2.26. The van der Waals surface area contributed by atoms with Crippen LogP contribution >= 0.6 is 23.2 Å². The Labute approximate surface area is 85.6 Å². The van der Waals surface area contributed by atoms with Crippen molar-refractivity contribution in [3.05, 3.63) is 0 Å². The Bertz CT molecular complexity index is 134. The topological polar surface area (TPSA) is 0 Å². The molecule has 1 fully saturated rings. The molecule has 0 saturated heterocycles. The van der Waals surface area contributed by atoms with Gasteiger partial charge in [0.1, 0.15) is 0 Å². The summed E-state index contributed by atoms with van der Waals surface area (Å²) in [6.07, 6.45) is 4.64. The van der Waals surface area contributed by atoms with E-state index in [2.05, 4.69) is 13.8 Å². The summed E-state index contributed by atoms with van der Waals surface area (Å²) in [4.78, 5) is 0. The van der Waals surface area contributed by atoms with Crippen molar-refractivity contribution in [2.75, 3.05) is 0 Å². The summed E-state index contributed by atoms with van der Waals surface area (Å²) < 4.78 is 0. The standard InChI is InChI=1S/C10H18Cl2/c1-7(2)5-8-3-4-9(11)6-10(8)12/h7-10H,3-6H2,1-2H3. The number of hydrogen-bond donors (Lipinski definition) is 0. The summed E-state index contributed by atoms with van der Waals surface area (Å²) >= 11 is 12.3. The first-order chi connectivity index (χ1) is 5.59. The summed E-state index contributed by atoms with van der Waals surface area (Å²) in [7, 11) is 0. The second-order valence-corrected chi connectivity index (χ2v) is 5.49. The van der Waals surface area contributed by atoms with Gasteiger partial charge in [0, 0.05) is 10.8 Å². The van der Waals surface area contributed by atoms with Crippen molar-refractivity contribution >= 4 is 23.2 Å². The summed E-state index contributed by atoms with van der Waals surface area (Å²) in [5, 5.41) is 0.652. The molecule has 1 saturated carbocycles. The van der Waals surface area contributed by atoms with E-state index in [4.69, 9.17) is 23.2 Å². The van der Waals surface area contributed by atoms with Crippen molar-refractivity contribution in [3.8, 4) is 0 Å². The second-order valence-electron chi connectivity index (χ2n) is 4.32. The minimum atomic E-state index is 0.323. The smallest absolute Gasteiger partial charge is 0.0378 e. The molecule has 1 rings (SSSR count). The van der Waals surface area contributed by atoms with Crippen LogP contribution in [0.1, 0.15) is 39.5 Å². The molecule has 0 N–H and O–H groups in total. The molecule has 12 heavy (non-hydrogen) atoms. The normalized spacial score (nSPS) is 37.2. The average molecular weight is 209 g/mol. The van der Waals surface area contributed by atoms with Gasteiger partial charge in [-0.15, -0.1) is 23.2 Å². The zero-order chi connectivity index (χ0) is 9.14. The van der Waals surface area contributed by atoms with Crippen molar-refractivity contribution in [1.82, 2.24) is 0 Å². The van der Waals surface area contributed by atoms with Gasteiger partial charge in [0.25, 0.3) is 0 Å². The molecule has 0 radical (unpaired) electrons. The van der Waals surface area contributed by atoms with E-state index >= 15 is 0 Å². The maximum Gasteiger partial charge on any atom is 0.0378 e. The van der Waals surface area contributed by atoms with Gasteiger partial charge in [0.15, 0.2) is 0 Å². The fraction of sp³-hybridized carbons (Fsp3) is 1.00. The van der Waals surface area contributed by atoms with Crippen LogP contribution in [0.2, 0.25) is 0 Å². The summed E-state index contributed by atoms with van der Waals surface area (Å²) in [6.45, 7) is 4.52. The Hall–Kier alpha value is 0.580. The van der Waals surface area contributed by atoms with Crippen LogP contribution in [0.25, 0.3) is 0 Å². The van der Waals surface area contributed by atoms with Gasteiger partial charge in [0.2, 0.25) is 0 Å². The lowest BCUT2D eigenvalue weighted by Gasteiger charge is -2.30. The molecule has 0 aromatic carbocycles. The van der Waals surface area contributed by atoms with E-state index in [1.165, 1.54) is 12.8 Å². The van der Waals surface area contributed by atoms with Crippen molar-refractivity contribution in [2.45, 2.75) is 50.3 Å². The highest BCUT2D eigenvalue weighted by Gasteiger charge is 2.28. The Balaban J connectivity index is 2.34. The van der Waals surface area contributed by atoms with Gasteiger partial charge in [-0.1, -0.05) is 13.8 Å². The maximum absolute atomic E-state index is 6.24. The Morgan fingerprint density at radius 3 is 2.42 bits per heavy atom. The number of alkyl halides is 2. The highest BCUT2D eigenvalue weighted by atomic mass is 35.5. The lowest BCUT2D eigenvalue weighted by molar-refractivity contribution is 0.314. The van der Waals surface area contributed by atoms with Gasteiger partial charge in [-0.3, -0.25) is 0 Å². The molecule has 3 atom stereocenters. The first-order valence-electron chi connectivity index (χ1n) is 4.87. The molecule has 0 amide bonds. The molecule has 0 heterocycles. The Kier molecular flexibility index (Phi) is 4.19. The third-order valence-corrected chi connectivity index (χ3v) is 3.55. The van der Waals surface area contributed by atoms with Gasteiger partial charge in [-0.25, -0.2) is 0 Å². The maximum atomic E-state index is 6.24.